The fraction of sp³-hybridized carbons (Fsp3) is 0.286. The highest BCUT2D eigenvalue weighted by Crippen LogP contribution is 2.29. The number of hydrogen-bond donors (Lipinski definition) is 0. The molecule has 0 unspecified atom stereocenters. The van der Waals surface area contributed by atoms with Crippen molar-refractivity contribution < 1.29 is 9.18 Å². The minimum atomic E-state index is -0.269. The van der Waals surface area contributed by atoms with Crippen LogP contribution in [0.5, 0.6) is 0 Å². The SMILES string of the molecule is Cc1nn(CC(=O)N2CC[C@H](c3ccccc3F)C2)c(=O)c2ccccc12. The smallest absolute Gasteiger partial charge is 0.275 e. The van der Waals surface area contributed by atoms with Crippen LogP contribution in [0.3, 0.4) is 0 Å². The third-order valence-corrected chi connectivity index (χ3v) is 5.22. The molecule has 1 aromatic heterocycles. The van der Waals surface area contributed by atoms with Gasteiger partial charge in [-0.3, -0.25) is 9.59 Å². The molecule has 0 aliphatic carbocycles. The van der Waals surface area contributed by atoms with Crippen LogP contribution in [0.25, 0.3) is 10.8 Å². The van der Waals surface area contributed by atoms with Crippen molar-refractivity contribution in [2.24, 2.45) is 0 Å². The van der Waals surface area contributed by atoms with E-state index in [1.54, 1.807) is 29.2 Å². The van der Waals surface area contributed by atoms with Crippen LogP contribution in [0.4, 0.5) is 4.39 Å². The predicted octanol–water partition coefficient (Wildman–Crippen LogP) is 2.86. The van der Waals surface area contributed by atoms with Crippen LogP contribution < -0.4 is 5.56 Å². The highest BCUT2D eigenvalue weighted by Gasteiger charge is 2.29. The van der Waals surface area contributed by atoms with Crippen LogP contribution in [0, 0.1) is 12.7 Å². The van der Waals surface area contributed by atoms with E-state index in [0.29, 0.717) is 36.2 Å². The fourth-order valence-corrected chi connectivity index (χ4v) is 3.79. The summed E-state index contributed by atoms with van der Waals surface area (Å²) >= 11 is 0. The molecule has 138 valence electrons. The van der Waals surface area contributed by atoms with Crippen molar-refractivity contribution >= 4 is 16.7 Å². The molecule has 2 aromatic carbocycles. The number of likely N-dealkylation sites (tertiary alicyclic amines) is 1. The van der Waals surface area contributed by atoms with Crippen molar-refractivity contribution in [1.29, 1.82) is 0 Å². The Hall–Kier alpha value is -3.02. The lowest BCUT2D eigenvalue weighted by Gasteiger charge is -2.18. The molecular formula is C21H20FN3O2. The van der Waals surface area contributed by atoms with Crippen molar-refractivity contribution in [3.63, 3.8) is 0 Å². The van der Waals surface area contributed by atoms with Gasteiger partial charge in [0.1, 0.15) is 12.4 Å². The number of hydrogen-bond acceptors (Lipinski definition) is 3. The molecule has 5 nitrogen and oxygen atoms in total. The van der Waals surface area contributed by atoms with Gasteiger partial charge in [0.05, 0.1) is 11.1 Å². The van der Waals surface area contributed by atoms with Crippen molar-refractivity contribution in [3.8, 4) is 0 Å². The number of carbonyl (C=O) groups is 1. The van der Waals surface area contributed by atoms with Crippen molar-refractivity contribution in [3.05, 3.63) is 76.0 Å². The van der Waals surface area contributed by atoms with Gasteiger partial charge in [0.2, 0.25) is 5.91 Å². The van der Waals surface area contributed by atoms with Crippen LogP contribution >= 0.6 is 0 Å². The number of carbonyl (C=O) groups excluding carboxylic acids is 1. The second kappa shape index (κ2) is 6.95. The molecule has 27 heavy (non-hydrogen) atoms. The molecule has 1 fully saturated rings. The summed E-state index contributed by atoms with van der Waals surface area (Å²) in [5, 5.41) is 5.66. The van der Waals surface area contributed by atoms with E-state index < -0.39 is 0 Å². The number of fused-ring (bicyclic) bond motifs is 1. The van der Waals surface area contributed by atoms with Gasteiger partial charge >= 0.3 is 0 Å². The largest absolute Gasteiger partial charge is 0.340 e. The van der Waals surface area contributed by atoms with Crippen LogP contribution in [-0.4, -0.2) is 33.7 Å². The highest BCUT2D eigenvalue weighted by atomic mass is 19.1. The van der Waals surface area contributed by atoms with E-state index in [-0.39, 0.29) is 29.7 Å². The molecule has 4 rings (SSSR count). The lowest BCUT2D eigenvalue weighted by molar-refractivity contribution is -0.131. The summed E-state index contributed by atoms with van der Waals surface area (Å²) in [6.45, 7) is 2.74. The summed E-state index contributed by atoms with van der Waals surface area (Å²) in [7, 11) is 0. The van der Waals surface area contributed by atoms with E-state index in [1.807, 2.05) is 25.1 Å². The molecule has 1 aliphatic heterocycles. The molecule has 0 radical (unpaired) electrons. The van der Waals surface area contributed by atoms with Gasteiger partial charge in [-0.2, -0.15) is 5.10 Å². The van der Waals surface area contributed by atoms with Gasteiger partial charge in [-0.15, -0.1) is 0 Å². The van der Waals surface area contributed by atoms with Gasteiger partial charge in [0.25, 0.3) is 5.56 Å². The van der Waals surface area contributed by atoms with Crippen LogP contribution in [0.1, 0.15) is 23.6 Å². The zero-order valence-electron chi connectivity index (χ0n) is 15.1. The van der Waals surface area contributed by atoms with Crippen molar-refractivity contribution in [1.82, 2.24) is 14.7 Å². The molecule has 6 heteroatoms. The van der Waals surface area contributed by atoms with Gasteiger partial charge in [0, 0.05) is 24.4 Å². The summed E-state index contributed by atoms with van der Waals surface area (Å²) in [6, 6.07) is 13.9. The Morgan fingerprint density at radius 1 is 1.15 bits per heavy atom. The average molecular weight is 365 g/mol. The minimum absolute atomic E-state index is 0.0156. The Morgan fingerprint density at radius 3 is 2.63 bits per heavy atom. The summed E-state index contributed by atoms with van der Waals surface area (Å²) in [6.07, 6.45) is 0.714. The molecule has 0 N–H and O–H groups in total. The topological polar surface area (TPSA) is 55.2 Å². The van der Waals surface area contributed by atoms with Gasteiger partial charge in [0.15, 0.2) is 0 Å². The number of aryl methyl sites for hydroxylation is 1. The average Bonchev–Trinajstić information content (AvgIpc) is 3.16. The third-order valence-electron chi connectivity index (χ3n) is 5.22. The Labute approximate surface area is 156 Å². The van der Waals surface area contributed by atoms with Crippen LogP contribution in [-0.2, 0) is 11.3 Å². The Bertz CT molecular complexity index is 1080. The highest BCUT2D eigenvalue weighted by molar-refractivity contribution is 5.83. The van der Waals surface area contributed by atoms with E-state index in [1.165, 1.54) is 10.7 Å². The summed E-state index contributed by atoms with van der Waals surface area (Å²) in [4.78, 5) is 27.0. The summed E-state index contributed by atoms with van der Waals surface area (Å²) in [5.41, 5.74) is 1.09. The monoisotopic (exact) mass is 365 g/mol. The second-order valence-electron chi connectivity index (χ2n) is 6.94. The molecule has 3 aromatic rings. The van der Waals surface area contributed by atoms with Crippen molar-refractivity contribution in [2.45, 2.75) is 25.8 Å². The lowest BCUT2D eigenvalue weighted by Crippen LogP contribution is -2.36. The van der Waals surface area contributed by atoms with E-state index in [4.69, 9.17) is 0 Å². The lowest BCUT2D eigenvalue weighted by atomic mass is 9.98. The fourth-order valence-electron chi connectivity index (χ4n) is 3.79. The number of aromatic nitrogens is 2. The first-order chi connectivity index (χ1) is 13.0. The normalized spacial score (nSPS) is 16.8. The Morgan fingerprint density at radius 2 is 1.85 bits per heavy atom. The summed E-state index contributed by atoms with van der Waals surface area (Å²) in [5.74, 6) is -0.420. The van der Waals surface area contributed by atoms with E-state index >= 15 is 0 Å². The number of nitrogens with zero attached hydrogens (tertiary/aromatic N) is 3. The number of rotatable bonds is 3. The predicted molar refractivity (Wildman–Crippen MR) is 101 cm³/mol. The van der Waals surface area contributed by atoms with Gasteiger partial charge in [-0.05, 0) is 31.0 Å². The molecule has 0 bridgehead atoms. The molecular weight excluding hydrogens is 345 g/mol. The van der Waals surface area contributed by atoms with Crippen molar-refractivity contribution in [2.75, 3.05) is 13.1 Å². The molecule has 1 saturated heterocycles. The number of amides is 1. The number of halogens is 1. The van der Waals surface area contributed by atoms with Crippen LogP contribution in [0.2, 0.25) is 0 Å². The Balaban J connectivity index is 1.54. The Kier molecular flexibility index (Phi) is 4.48. The standard InChI is InChI=1S/C21H20FN3O2/c1-14-16-6-2-3-8-18(16)21(27)25(23-14)13-20(26)24-11-10-15(12-24)17-7-4-5-9-19(17)22/h2-9,15H,10-13H2,1H3/t15-/m0/s1. The first-order valence-corrected chi connectivity index (χ1v) is 9.03. The maximum atomic E-state index is 14.0. The van der Waals surface area contributed by atoms with E-state index in [2.05, 4.69) is 5.10 Å². The van der Waals surface area contributed by atoms with E-state index in [9.17, 15) is 14.0 Å². The quantitative estimate of drug-likeness (QED) is 0.717. The van der Waals surface area contributed by atoms with Crippen LogP contribution in [0.15, 0.2) is 53.3 Å². The van der Waals surface area contributed by atoms with Gasteiger partial charge < -0.3 is 4.90 Å². The second-order valence-corrected chi connectivity index (χ2v) is 6.94. The molecule has 1 aliphatic rings. The molecule has 1 amide bonds. The maximum Gasteiger partial charge on any atom is 0.275 e. The zero-order chi connectivity index (χ0) is 19.0. The molecule has 2 heterocycles. The minimum Gasteiger partial charge on any atom is -0.340 e. The van der Waals surface area contributed by atoms with E-state index in [0.717, 1.165) is 5.39 Å². The molecule has 1 atom stereocenters. The summed E-state index contributed by atoms with van der Waals surface area (Å²) < 4.78 is 15.2. The zero-order valence-corrected chi connectivity index (χ0v) is 15.1. The van der Waals surface area contributed by atoms with Gasteiger partial charge in [-0.25, -0.2) is 9.07 Å². The van der Waals surface area contributed by atoms with Gasteiger partial charge in [-0.1, -0.05) is 36.4 Å². The first-order valence-electron chi connectivity index (χ1n) is 9.03. The molecule has 0 saturated carbocycles. The molecule has 0 spiro atoms. The first kappa shape index (κ1) is 17.4. The number of benzene rings is 2. The maximum absolute atomic E-state index is 14.0. The third kappa shape index (κ3) is 3.23.